The predicted molar refractivity (Wildman–Crippen MR) is 93.4 cm³/mol. The third kappa shape index (κ3) is 3.25. The van der Waals surface area contributed by atoms with Crippen molar-refractivity contribution in [3.63, 3.8) is 0 Å². The third-order valence-corrected chi connectivity index (χ3v) is 4.66. The van der Waals surface area contributed by atoms with E-state index in [1.807, 2.05) is 31.0 Å². The van der Waals surface area contributed by atoms with Gasteiger partial charge in [-0.2, -0.15) is 0 Å². The number of hydrazine groups is 1. The number of carbonyl (C=O) groups excluding carboxylic acids is 1. The van der Waals surface area contributed by atoms with Gasteiger partial charge in [0.25, 0.3) is 0 Å². The van der Waals surface area contributed by atoms with Crippen molar-refractivity contribution in [1.29, 1.82) is 5.41 Å². The van der Waals surface area contributed by atoms with Crippen molar-refractivity contribution in [3.05, 3.63) is 48.0 Å². The lowest BCUT2D eigenvalue weighted by Crippen LogP contribution is -2.45. The van der Waals surface area contributed by atoms with Crippen LogP contribution in [0.2, 0.25) is 0 Å². The number of amides is 1. The molecule has 0 bridgehead atoms. The van der Waals surface area contributed by atoms with Crippen LogP contribution in [0.15, 0.2) is 36.9 Å². The van der Waals surface area contributed by atoms with Crippen LogP contribution in [0.5, 0.6) is 0 Å². The molecule has 1 unspecified atom stereocenters. The Balaban J connectivity index is 2.30. The highest BCUT2D eigenvalue weighted by Crippen LogP contribution is 2.33. The number of thioether (sulfide) groups is 1. The Kier molecular flexibility index (Phi) is 5.42. The Morgan fingerprint density at radius 3 is 2.77 bits per heavy atom. The highest BCUT2D eigenvalue weighted by Gasteiger charge is 2.41. The summed E-state index contributed by atoms with van der Waals surface area (Å²) < 4.78 is 0. The summed E-state index contributed by atoms with van der Waals surface area (Å²) in [5.74, 6) is 0.866. The summed E-state index contributed by atoms with van der Waals surface area (Å²) in [6, 6.07) is 8.27. The molecule has 0 aliphatic carbocycles. The molecule has 1 atom stereocenters. The molecule has 1 aliphatic rings. The summed E-state index contributed by atoms with van der Waals surface area (Å²) in [6.45, 7) is 10.5. The molecule has 1 aliphatic heterocycles. The highest BCUT2D eigenvalue weighted by atomic mass is 32.2. The molecule has 1 heterocycles. The maximum absolute atomic E-state index is 12.4. The van der Waals surface area contributed by atoms with Crippen LogP contribution in [0.4, 0.5) is 4.79 Å². The van der Waals surface area contributed by atoms with Gasteiger partial charge in [-0.25, -0.2) is 10.0 Å². The maximum Gasteiger partial charge on any atom is 0.302 e. The van der Waals surface area contributed by atoms with Gasteiger partial charge >= 0.3 is 5.24 Å². The second-order valence-corrected chi connectivity index (χ2v) is 6.66. The lowest BCUT2D eigenvalue weighted by molar-refractivity contribution is 0.0798. The Hall–Kier alpha value is -1.59. The molecule has 1 fully saturated rings. The van der Waals surface area contributed by atoms with Crippen molar-refractivity contribution in [2.24, 2.45) is 0 Å². The van der Waals surface area contributed by atoms with Gasteiger partial charge in [0, 0.05) is 18.3 Å². The van der Waals surface area contributed by atoms with Crippen molar-refractivity contribution < 1.29 is 4.79 Å². The molecule has 4 nitrogen and oxygen atoms in total. The van der Waals surface area contributed by atoms with Crippen LogP contribution < -0.4 is 0 Å². The van der Waals surface area contributed by atoms with Crippen molar-refractivity contribution in [3.8, 4) is 0 Å². The predicted octanol–water partition coefficient (Wildman–Crippen LogP) is 4.04. The van der Waals surface area contributed by atoms with Crippen molar-refractivity contribution >= 4 is 22.8 Å². The smallest absolute Gasteiger partial charge is 0.286 e. The minimum absolute atomic E-state index is 0.0584. The van der Waals surface area contributed by atoms with Crippen LogP contribution in [-0.2, 0) is 0 Å². The van der Waals surface area contributed by atoms with Gasteiger partial charge in [0.1, 0.15) is 5.84 Å². The fourth-order valence-electron chi connectivity index (χ4n) is 2.70. The van der Waals surface area contributed by atoms with Gasteiger partial charge < -0.3 is 0 Å². The lowest BCUT2D eigenvalue weighted by atomic mass is 9.94. The highest BCUT2D eigenvalue weighted by molar-refractivity contribution is 8.13. The number of nitrogens with zero attached hydrogens (tertiary/aromatic N) is 2. The molecule has 1 saturated heterocycles. The maximum atomic E-state index is 12.4. The van der Waals surface area contributed by atoms with E-state index in [9.17, 15) is 4.79 Å². The minimum Gasteiger partial charge on any atom is -0.286 e. The Morgan fingerprint density at radius 2 is 2.18 bits per heavy atom. The monoisotopic (exact) mass is 317 g/mol. The van der Waals surface area contributed by atoms with Gasteiger partial charge in [0.2, 0.25) is 0 Å². The fourth-order valence-corrected chi connectivity index (χ4v) is 3.29. The van der Waals surface area contributed by atoms with Gasteiger partial charge in [0.15, 0.2) is 0 Å². The van der Waals surface area contributed by atoms with Gasteiger partial charge in [-0.05, 0) is 31.9 Å². The van der Waals surface area contributed by atoms with E-state index in [2.05, 4.69) is 25.6 Å². The van der Waals surface area contributed by atoms with Crippen molar-refractivity contribution in [1.82, 2.24) is 10.0 Å². The molecule has 118 valence electrons. The van der Waals surface area contributed by atoms with E-state index < -0.39 is 0 Å². The van der Waals surface area contributed by atoms with Gasteiger partial charge in [-0.3, -0.25) is 10.2 Å². The van der Waals surface area contributed by atoms with E-state index in [0.717, 1.165) is 11.1 Å². The summed E-state index contributed by atoms with van der Waals surface area (Å²) >= 11 is 1.19. The number of benzene rings is 1. The normalized spacial score (nSPS) is 19.0. The molecule has 0 saturated carbocycles. The fraction of sp³-hybridized carbons (Fsp3) is 0.412. The number of carbonyl (C=O) groups is 1. The summed E-state index contributed by atoms with van der Waals surface area (Å²) in [4.78, 5) is 12.4. The number of aryl methyl sites for hydroxylation is 1. The van der Waals surface area contributed by atoms with E-state index in [1.54, 1.807) is 6.08 Å². The van der Waals surface area contributed by atoms with E-state index >= 15 is 0 Å². The summed E-state index contributed by atoms with van der Waals surface area (Å²) in [7, 11) is 0. The molecule has 0 spiro atoms. The summed E-state index contributed by atoms with van der Waals surface area (Å²) in [6.07, 6.45) is 1.71. The first kappa shape index (κ1) is 16.8. The lowest BCUT2D eigenvalue weighted by Gasteiger charge is -2.29. The zero-order valence-electron chi connectivity index (χ0n) is 13.4. The third-order valence-electron chi connectivity index (χ3n) is 3.84. The second-order valence-electron chi connectivity index (χ2n) is 5.69. The van der Waals surface area contributed by atoms with Crippen molar-refractivity contribution in [2.75, 3.05) is 12.3 Å². The first-order valence-corrected chi connectivity index (χ1v) is 8.44. The number of nitrogens with one attached hydrogen (secondary N) is 1. The molecule has 22 heavy (non-hydrogen) atoms. The molecule has 0 aromatic heterocycles. The Bertz CT molecular complexity index is 585. The molecular formula is C17H23N3OS. The molecule has 0 radical (unpaired) electrons. The van der Waals surface area contributed by atoms with Crippen LogP contribution >= 0.6 is 11.8 Å². The van der Waals surface area contributed by atoms with Crippen LogP contribution in [0, 0.1) is 12.3 Å². The average Bonchev–Trinajstić information content (AvgIpc) is 2.83. The SMILES string of the molecule is C=CCSC(=O)N1C(=N)C(c2ccccc2C)CN1C(C)C. The quantitative estimate of drug-likeness (QED) is 0.853. The van der Waals surface area contributed by atoms with E-state index in [1.165, 1.54) is 16.8 Å². The Labute approximate surface area is 136 Å². The first-order chi connectivity index (χ1) is 10.5. The van der Waals surface area contributed by atoms with Gasteiger partial charge in [-0.1, -0.05) is 42.1 Å². The molecular weight excluding hydrogens is 294 g/mol. The topological polar surface area (TPSA) is 47.4 Å². The zero-order valence-corrected chi connectivity index (χ0v) is 14.2. The van der Waals surface area contributed by atoms with E-state index in [0.29, 0.717) is 18.1 Å². The largest absolute Gasteiger partial charge is 0.302 e. The molecule has 1 aromatic carbocycles. The standard InChI is InChI=1S/C17H23N3OS/c1-5-10-22-17(21)20-16(18)15(11-19(20)12(2)3)14-9-7-6-8-13(14)4/h5-9,12,15,18H,1,10-11H2,2-4H3. The number of amidine groups is 1. The van der Waals surface area contributed by atoms with E-state index in [-0.39, 0.29) is 17.2 Å². The minimum atomic E-state index is -0.102. The average molecular weight is 317 g/mol. The molecule has 5 heteroatoms. The number of hydrogen-bond acceptors (Lipinski definition) is 4. The molecule has 2 rings (SSSR count). The molecule has 1 amide bonds. The molecule has 1 aromatic rings. The second kappa shape index (κ2) is 7.11. The van der Waals surface area contributed by atoms with Crippen LogP contribution in [-0.4, -0.2) is 39.4 Å². The number of hydrogen-bond donors (Lipinski definition) is 1. The van der Waals surface area contributed by atoms with Crippen molar-refractivity contribution in [2.45, 2.75) is 32.7 Å². The summed E-state index contributed by atoms with van der Waals surface area (Å²) in [5, 5.41) is 11.9. The Morgan fingerprint density at radius 1 is 1.50 bits per heavy atom. The van der Waals surface area contributed by atoms with Crippen LogP contribution in [0.25, 0.3) is 0 Å². The van der Waals surface area contributed by atoms with Gasteiger partial charge in [-0.15, -0.1) is 6.58 Å². The number of rotatable bonds is 4. The van der Waals surface area contributed by atoms with E-state index in [4.69, 9.17) is 5.41 Å². The molecule has 1 N–H and O–H groups in total. The zero-order chi connectivity index (χ0) is 16.3. The summed E-state index contributed by atoms with van der Waals surface area (Å²) in [5.41, 5.74) is 2.29. The van der Waals surface area contributed by atoms with Crippen LogP contribution in [0.3, 0.4) is 0 Å². The van der Waals surface area contributed by atoms with Crippen LogP contribution in [0.1, 0.15) is 30.9 Å². The van der Waals surface area contributed by atoms with Gasteiger partial charge in [0.05, 0.1) is 5.92 Å². The first-order valence-electron chi connectivity index (χ1n) is 7.45.